The first kappa shape index (κ1) is 16.0. The Balaban J connectivity index is 1.58. The van der Waals surface area contributed by atoms with Crippen LogP contribution in [0.5, 0.6) is 0 Å². The lowest BCUT2D eigenvalue weighted by atomic mass is 10.0. The molecule has 2 aromatic rings. The molecular weight excluding hydrogens is 332 g/mol. The quantitative estimate of drug-likeness (QED) is 0.919. The van der Waals surface area contributed by atoms with Crippen LogP contribution in [0.25, 0.3) is 0 Å². The minimum absolute atomic E-state index is 0.0268. The highest BCUT2D eigenvalue weighted by atomic mass is 35.5. The molecule has 1 aromatic heterocycles. The Labute approximate surface area is 144 Å². The van der Waals surface area contributed by atoms with Crippen molar-refractivity contribution in [1.29, 1.82) is 0 Å². The van der Waals surface area contributed by atoms with Gasteiger partial charge in [0.05, 0.1) is 0 Å². The highest BCUT2D eigenvalue weighted by molar-refractivity contribution is 7.08. The minimum atomic E-state index is -0.134. The smallest absolute Gasteiger partial charge is 0.252 e. The summed E-state index contributed by atoms with van der Waals surface area (Å²) < 4.78 is 0. The summed E-state index contributed by atoms with van der Waals surface area (Å²) in [4.78, 5) is 26.1. The highest BCUT2D eigenvalue weighted by Gasteiger charge is 2.22. The number of hydrogen-bond donors (Lipinski definition) is 1. The van der Waals surface area contributed by atoms with Gasteiger partial charge in [-0.3, -0.25) is 9.59 Å². The Morgan fingerprint density at radius 1 is 1.30 bits per heavy atom. The standard InChI is InChI=1S/C17H17ClN2O2S/c18-14-3-4-15-12(10-14)2-1-8-20(15)16(21)5-7-19-17(22)13-6-9-23-11-13/h3-4,6,9-11H,1-2,5,7-8H2,(H,19,22). The summed E-state index contributed by atoms with van der Waals surface area (Å²) >= 11 is 7.50. The van der Waals surface area contributed by atoms with Crippen molar-refractivity contribution in [3.8, 4) is 0 Å². The van der Waals surface area contributed by atoms with E-state index in [9.17, 15) is 9.59 Å². The molecule has 0 fully saturated rings. The van der Waals surface area contributed by atoms with Crippen molar-refractivity contribution in [2.75, 3.05) is 18.0 Å². The summed E-state index contributed by atoms with van der Waals surface area (Å²) in [5.41, 5.74) is 2.69. The van der Waals surface area contributed by atoms with E-state index in [0.29, 0.717) is 23.7 Å². The van der Waals surface area contributed by atoms with Gasteiger partial charge in [0.15, 0.2) is 0 Å². The monoisotopic (exact) mass is 348 g/mol. The van der Waals surface area contributed by atoms with E-state index in [-0.39, 0.29) is 18.2 Å². The predicted molar refractivity (Wildman–Crippen MR) is 93.4 cm³/mol. The molecule has 0 saturated carbocycles. The van der Waals surface area contributed by atoms with Crippen LogP contribution in [-0.4, -0.2) is 24.9 Å². The van der Waals surface area contributed by atoms with Gasteiger partial charge in [0, 0.05) is 41.2 Å². The molecule has 0 saturated heterocycles. The Morgan fingerprint density at radius 2 is 2.17 bits per heavy atom. The van der Waals surface area contributed by atoms with Gasteiger partial charge in [-0.2, -0.15) is 11.3 Å². The van der Waals surface area contributed by atoms with E-state index in [1.54, 1.807) is 16.3 Å². The van der Waals surface area contributed by atoms with Gasteiger partial charge in [-0.05, 0) is 48.1 Å². The lowest BCUT2D eigenvalue weighted by Gasteiger charge is -2.29. The number of fused-ring (bicyclic) bond motifs is 1. The van der Waals surface area contributed by atoms with Gasteiger partial charge in [0.2, 0.25) is 5.91 Å². The SMILES string of the molecule is O=C(NCCC(=O)N1CCCc2cc(Cl)ccc21)c1ccsc1. The number of benzene rings is 1. The van der Waals surface area contributed by atoms with Gasteiger partial charge in [0.1, 0.15) is 0 Å². The van der Waals surface area contributed by atoms with Crippen molar-refractivity contribution >= 4 is 40.4 Å². The first-order valence-corrected chi connectivity index (χ1v) is 8.86. The Morgan fingerprint density at radius 3 is 2.96 bits per heavy atom. The van der Waals surface area contributed by atoms with E-state index < -0.39 is 0 Å². The topological polar surface area (TPSA) is 49.4 Å². The number of nitrogens with zero attached hydrogens (tertiary/aromatic N) is 1. The molecule has 120 valence electrons. The first-order valence-electron chi connectivity index (χ1n) is 7.54. The third-order valence-corrected chi connectivity index (χ3v) is 4.79. The number of carbonyl (C=O) groups excluding carboxylic acids is 2. The van der Waals surface area contributed by atoms with E-state index in [1.165, 1.54) is 11.3 Å². The number of thiophene rings is 1. The van der Waals surface area contributed by atoms with Crippen molar-refractivity contribution in [2.45, 2.75) is 19.3 Å². The number of aryl methyl sites for hydroxylation is 1. The van der Waals surface area contributed by atoms with Crippen molar-refractivity contribution < 1.29 is 9.59 Å². The molecule has 23 heavy (non-hydrogen) atoms. The molecule has 4 nitrogen and oxygen atoms in total. The van der Waals surface area contributed by atoms with Gasteiger partial charge in [0.25, 0.3) is 5.91 Å². The number of rotatable bonds is 4. The summed E-state index contributed by atoms with van der Waals surface area (Å²) in [5.74, 6) is -0.108. The summed E-state index contributed by atoms with van der Waals surface area (Å²) in [7, 11) is 0. The molecule has 6 heteroatoms. The number of halogens is 1. The number of hydrogen-bond acceptors (Lipinski definition) is 3. The largest absolute Gasteiger partial charge is 0.351 e. The molecule has 0 spiro atoms. The van der Waals surface area contributed by atoms with Crippen molar-refractivity contribution in [1.82, 2.24) is 5.32 Å². The second kappa shape index (κ2) is 7.15. The van der Waals surface area contributed by atoms with Crippen molar-refractivity contribution in [3.63, 3.8) is 0 Å². The molecule has 1 aromatic carbocycles. The van der Waals surface area contributed by atoms with Crippen LogP contribution in [0.3, 0.4) is 0 Å². The van der Waals surface area contributed by atoms with Crippen LogP contribution in [0.4, 0.5) is 5.69 Å². The lowest BCUT2D eigenvalue weighted by Crippen LogP contribution is -2.37. The third kappa shape index (κ3) is 3.74. The fourth-order valence-electron chi connectivity index (χ4n) is 2.74. The molecule has 2 amide bonds. The normalized spacial score (nSPS) is 13.5. The van der Waals surface area contributed by atoms with Crippen LogP contribution < -0.4 is 10.2 Å². The van der Waals surface area contributed by atoms with E-state index in [0.717, 1.165) is 24.1 Å². The van der Waals surface area contributed by atoms with Crippen LogP contribution in [0.1, 0.15) is 28.8 Å². The molecule has 1 aliphatic heterocycles. The zero-order valence-electron chi connectivity index (χ0n) is 12.5. The second-order valence-electron chi connectivity index (χ2n) is 5.44. The molecule has 1 N–H and O–H groups in total. The summed E-state index contributed by atoms with van der Waals surface area (Å²) in [6.07, 6.45) is 2.16. The van der Waals surface area contributed by atoms with Crippen molar-refractivity contribution in [2.24, 2.45) is 0 Å². The summed E-state index contributed by atoms with van der Waals surface area (Å²) in [6.45, 7) is 1.05. The maximum Gasteiger partial charge on any atom is 0.252 e. The van der Waals surface area contributed by atoms with Crippen LogP contribution in [0.2, 0.25) is 5.02 Å². The van der Waals surface area contributed by atoms with Gasteiger partial charge >= 0.3 is 0 Å². The summed E-state index contributed by atoms with van der Waals surface area (Å²) in [5, 5.41) is 7.13. The van der Waals surface area contributed by atoms with E-state index in [1.807, 2.05) is 23.6 Å². The van der Waals surface area contributed by atoms with Crippen molar-refractivity contribution in [3.05, 3.63) is 51.2 Å². The fourth-order valence-corrected chi connectivity index (χ4v) is 3.57. The van der Waals surface area contributed by atoms with Gasteiger partial charge in [-0.15, -0.1) is 0 Å². The van der Waals surface area contributed by atoms with E-state index >= 15 is 0 Å². The lowest BCUT2D eigenvalue weighted by molar-refractivity contribution is -0.118. The van der Waals surface area contributed by atoms with Gasteiger partial charge in [-0.25, -0.2) is 0 Å². The molecule has 0 bridgehead atoms. The zero-order valence-corrected chi connectivity index (χ0v) is 14.1. The summed E-state index contributed by atoms with van der Waals surface area (Å²) in [6, 6.07) is 7.41. The molecule has 0 aliphatic carbocycles. The van der Waals surface area contributed by atoms with Crippen LogP contribution in [0, 0.1) is 0 Å². The Hall–Kier alpha value is -1.85. The Kier molecular flexibility index (Phi) is 4.98. The molecule has 3 rings (SSSR count). The van der Waals surface area contributed by atoms with Crippen LogP contribution in [0.15, 0.2) is 35.0 Å². The average molecular weight is 349 g/mol. The van der Waals surface area contributed by atoms with Crippen LogP contribution in [-0.2, 0) is 11.2 Å². The number of carbonyl (C=O) groups is 2. The minimum Gasteiger partial charge on any atom is -0.351 e. The van der Waals surface area contributed by atoms with Crippen LogP contribution >= 0.6 is 22.9 Å². The maximum absolute atomic E-state index is 12.5. The molecule has 1 aliphatic rings. The number of amides is 2. The van der Waals surface area contributed by atoms with E-state index in [4.69, 9.17) is 11.6 Å². The average Bonchev–Trinajstić information content (AvgIpc) is 3.08. The highest BCUT2D eigenvalue weighted by Crippen LogP contribution is 2.29. The fraction of sp³-hybridized carbons (Fsp3) is 0.294. The van der Waals surface area contributed by atoms with E-state index in [2.05, 4.69) is 5.32 Å². The third-order valence-electron chi connectivity index (χ3n) is 3.87. The van der Waals surface area contributed by atoms with Gasteiger partial charge < -0.3 is 10.2 Å². The molecule has 0 atom stereocenters. The second-order valence-corrected chi connectivity index (χ2v) is 6.66. The molecule has 0 unspecified atom stereocenters. The Bertz CT molecular complexity index is 715. The molecule has 0 radical (unpaired) electrons. The molecular formula is C17H17ClN2O2S. The maximum atomic E-state index is 12.5. The zero-order chi connectivity index (χ0) is 16.2. The number of nitrogens with one attached hydrogen (secondary N) is 1. The first-order chi connectivity index (χ1) is 11.1. The van der Waals surface area contributed by atoms with Gasteiger partial charge in [-0.1, -0.05) is 11.6 Å². The molecule has 2 heterocycles. The number of anilines is 1. The predicted octanol–water partition coefficient (Wildman–Crippen LogP) is 3.50.